The second kappa shape index (κ2) is 14.8. The average molecular weight is 553 g/mol. The van der Waals surface area contributed by atoms with Crippen molar-refractivity contribution in [2.75, 3.05) is 26.9 Å². The van der Waals surface area contributed by atoms with Gasteiger partial charge in [-0.15, -0.1) is 0 Å². The van der Waals surface area contributed by atoms with Gasteiger partial charge in [-0.2, -0.15) is 0 Å². The molecule has 7 heteroatoms. The fourth-order valence-electron chi connectivity index (χ4n) is 4.61. The SMILES string of the molecule is CCOC(=O)Cc1ccc(OC)c(-c2ccc(-c3ccc(OCC)nc3)cc2CNCCC(=O)c2ccccc2)c1. The molecule has 0 aliphatic carbocycles. The Bertz CT molecular complexity index is 1450. The van der Waals surface area contributed by atoms with Gasteiger partial charge in [-0.05, 0) is 60.4 Å². The number of hydrogen-bond donors (Lipinski definition) is 1. The highest BCUT2D eigenvalue weighted by Crippen LogP contribution is 2.36. The molecule has 0 unspecified atom stereocenters. The van der Waals surface area contributed by atoms with Crippen molar-refractivity contribution < 1.29 is 23.8 Å². The Morgan fingerprint density at radius 3 is 2.37 bits per heavy atom. The lowest BCUT2D eigenvalue weighted by molar-refractivity contribution is -0.142. The highest BCUT2D eigenvalue weighted by atomic mass is 16.5. The van der Waals surface area contributed by atoms with Crippen molar-refractivity contribution in [3.63, 3.8) is 0 Å². The van der Waals surface area contributed by atoms with E-state index in [-0.39, 0.29) is 18.2 Å². The number of methoxy groups -OCH3 is 1. The first-order valence-electron chi connectivity index (χ1n) is 13.9. The van der Waals surface area contributed by atoms with Crippen molar-refractivity contribution >= 4 is 11.8 Å². The van der Waals surface area contributed by atoms with Crippen LogP contribution in [0.2, 0.25) is 0 Å². The van der Waals surface area contributed by atoms with E-state index in [0.29, 0.717) is 49.9 Å². The molecule has 7 nitrogen and oxygen atoms in total. The standard InChI is InChI=1S/C34H36N2O5/c1-4-40-33-16-13-27(23-36-33)26-12-14-29(30-19-24(11-15-32(30)39-3)20-34(38)41-5-2)28(21-26)22-35-18-17-31(37)25-9-7-6-8-10-25/h6-16,19,21,23,35H,4-5,17-18,20,22H2,1-3H3. The second-order valence-corrected chi connectivity index (χ2v) is 9.42. The van der Waals surface area contributed by atoms with Crippen LogP contribution in [0.1, 0.15) is 41.8 Å². The Morgan fingerprint density at radius 1 is 0.854 bits per heavy atom. The van der Waals surface area contributed by atoms with E-state index in [2.05, 4.69) is 22.4 Å². The molecule has 0 atom stereocenters. The molecule has 0 amide bonds. The van der Waals surface area contributed by atoms with Crippen LogP contribution in [0.4, 0.5) is 0 Å². The number of ketones is 1. The lowest BCUT2D eigenvalue weighted by Gasteiger charge is -2.17. The molecule has 1 aromatic heterocycles. The van der Waals surface area contributed by atoms with Crippen LogP contribution in [0, 0.1) is 0 Å². The van der Waals surface area contributed by atoms with Gasteiger partial charge >= 0.3 is 5.97 Å². The minimum Gasteiger partial charge on any atom is -0.496 e. The molecule has 1 heterocycles. The zero-order valence-corrected chi connectivity index (χ0v) is 23.8. The minimum atomic E-state index is -0.271. The molecule has 1 N–H and O–H groups in total. The number of esters is 1. The smallest absolute Gasteiger partial charge is 0.310 e. The number of Topliss-reactive ketones (excluding diaryl/α,β-unsaturated/α-hetero) is 1. The fourth-order valence-corrected chi connectivity index (χ4v) is 4.61. The summed E-state index contributed by atoms with van der Waals surface area (Å²) in [4.78, 5) is 29.2. The predicted molar refractivity (Wildman–Crippen MR) is 160 cm³/mol. The number of pyridine rings is 1. The fraction of sp³-hybridized carbons (Fsp3) is 0.265. The largest absolute Gasteiger partial charge is 0.496 e. The van der Waals surface area contributed by atoms with E-state index >= 15 is 0 Å². The monoisotopic (exact) mass is 552 g/mol. The highest BCUT2D eigenvalue weighted by molar-refractivity contribution is 5.96. The number of aromatic nitrogens is 1. The van der Waals surface area contributed by atoms with Crippen LogP contribution < -0.4 is 14.8 Å². The third kappa shape index (κ3) is 8.02. The number of carbonyl (C=O) groups is 2. The summed E-state index contributed by atoms with van der Waals surface area (Å²) >= 11 is 0. The highest BCUT2D eigenvalue weighted by Gasteiger charge is 2.15. The summed E-state index contributed by atoms with van der Waals surface area (Å²) < 4.78 is 16.4. The summed E-state index contributed by atoms with van der Waals surface area (Å²) in [5.41, 5.74) is 6.39. The summed E-state index contributed by atoms with van der Waals surface area (Å²) in [5, 5.41) is 3.45. The Kier molecular flexibility index (Phi) is 10.6. The molecule has 4 rings (SSSR count). The van der Waals surface area contributed by atoms with Gasteiger partial charge in [-0.25, -0.2) is 4.98 Å². The molecule has 0 spiro atoms. The first-order chi connectivity index (χ1) is 20.0. The van der Waals surface area contributed by atoms with Gasteiger partial charge < -0.3 is 19.5 Å². The van der Waals surface area contributed by atoms with Crippen molar-refractivity contribution in [3.05, 3.63) is 102 Å². The third-order valence-corrected chi connectivity index (χ3v) is 6.62. The lowest BCUT2D eigenvalue weighted by Crippen LogP contribution is -2.18. The van der Waals surface area contributed by atoms with Gasteiger partial charge in [0.25, 0.3) is 0 Å². The molecule has 41 heavy (non-hydrogen) atoms. The molecule has 3 aromatic carbocycles. The summed E-state index contributed by atoms with van der Waals surface area (Å²) in [7, 11) is 1.64. The van der Waals surface area contributed by atoms with Crippen LogP contribution in [0.3, 0.4) is 0 Å². The number of rotatable bonds is 14. The molecule has 0 radical (unpaired) electrons. The zero-order valence-electron chi connectivity index (χ0n) is 23.8. The van der Waals surface area contributed by atoms with Gasteiger partial charge in [-0.3, -0.25) is 9.59 Å². The van der Waals surface area contributed by atoms with Crippen molar-refractivity contribution in [1.29, 1.82) is 0 Å². The minimum absolute atomic E-state index is 0.0980. The number of carbonyl (C=O) groups excluding carboxylic acids is 2. The number of nitrogens with one attached hydrogen (secondary N) is 1. The average Bonchev–Trinajstić information content (AvgIpc) is 3.00. The maximum absolute atomic E-state index is 12.6. The Hall–Kier alpha value is -4.49. The van der Waals surface area contributed by atoms with E-state index in [1.54, 1.807) is 20.2 Å². The first kappa shape index (κ1) is 29.5. The molecule has 0 aliphatic rings. The van der Waals surface area contributed by atoms with E-state index in [4.69, 9.17) is 14.2 Å². The van der Waals surface area contributed by atoms with Gasteiger partial charge in [0.05, 0.1) is 26.7 Å². The van der Waals surface area contributed by atoms with E-state index in [0.717, 1.165) is 33.4 Å². The van der Waals surface area contributed by atoms with Gasteiger partial charge in [0.2, 0.25) is 5.88 Å². The summed E-state index contributed by atoms with van der Waals surface area (Å²) in [5.74, 6) is 1.11. The topological polar surface area (TPSA) is 86.8 Å². The molecule has 212 valence electrons. The van der Waals surface area contributed by atoms with Gasteiger partial charge in [0.15, 0.2) is 5.78 Å². The molecule has 0 saturated carbocycles. The lowest BCUT2D eigenvalue weighted by atomic mass is 9.93. The van der Waals surface area contributed by atoms with E-state index in [9.17, 15) is 9.59 Å². The van der Waals surface area contributed by atoms with Crippen molar-refractivity contribution in [2.45, 2.75) is 33.2 Å². The third-order valence-electron chi connectivity index (χ3n) is 6.62. The van der Waals surface area contributed by atoms with Gasteiger partial charge in [-0.1, -0.05) is 48.5 Å². The molecule has 0 bridgehead atoms. The van der Waals surface area contributed by atoms with Crippen LogP contribution in [-0.2, 0) is 22.5 Å². The number of nitrogens with zero attached hydrogens (tertiary/aromatic N) is 1. The summed E-state index contributed by atoms with van der Waals surface area (Å²) in [6.07, 6.45) is 2.37. The Morgan fingerprint density at radius 2 is 1.66 bits per heavy atom. The van der Waals surface area contributed by atoms with Gasteiger partial charge in [0.1, 0.15) is 5.75 Å². The zero-order chi connectivity index (χ0) is 29.0. The van der Waals surface area contributed by atoms with Crippen molar-refractivity contribution in [1.82, 2.24) is 10.3 Å². The number of hydrogen-bond acceptors (Lipinski definition) is 7. The van der Waals surface area contributed by atoms with E-state index in [1.807, 2.05) is 73.7 Å². The molecular formula is C34H36N2O5. The summed E-state index contributed by atoms with van der Waals surface area (Å²) in [6.45, 7) is 5.68. The van der Waals surface area contributed by atoms with Gasteiger partial charge in [0, 0.05) is 48.5 Å². The molecule has 0 aliphatic heterocycles. The molecular weight excluding hydrogens is 516 g/mol. The number of benzene rings is 3. The summed E-state index contributed by atoms with van der Waals surface area (Å²) in [6, 6.07) is 25.1. The normalized spacial score (nSPS) is 10.7. The van der Waals surface area contributed by atoms with Crippen LogP contribution in [0.15, 0.2) is 85.1 Å². The van der Waals surface area contributed by atoms with Crippen LogP contribution in [-0.4, -0.2) is 43.6 Å². The van der Waals surface area contributed by atoms with E-state index in [1.165, 1.54) is 0 Å². The molecule has 4 aromatic rings. The predicted octanol–water partition coefficient (Wildman–Crippen LogP) is 6.29. The second-order valence-electron chi connectivity index (χ2n) is 9.42. The van der Waals surface area contributed by atoms with E-state index < -0.39 is 0 Å². The molecule has 0 saturated heterocycles. The Balaban J connectivity index is 1.63. The Labute approximate surface area is 241 Å². The first-order valence-corrected chi connectivity index (χ1v) is 13.9. The van der Waals surface area contributed by atoms with Crippen LogP contribution in [0.25, 0.3) is 22.3 Å². The van der Waals surface area contributed by atoms with Crippen LogP contribution >= 0.6 is 0 Å². The quantitative estimate of drug-likeness (QED) is 0.112. The van der Waals surface area contributed by atoms with Crippen LogP contribution in [0.5, 0.6) is 11.6 Å². The van der Waals surface area contributed by atoms with Crippen molar-refractivity contribution in [3.8, 4) is 33.9 Å². The molecule has 0 fully saturated rings. The number of ether oxygens (including phenoxy) is 3. The maximum atomic E-state index is 12.6. The van der Waals surface area contributed by atoms with Crippen molar-refractivity contribution in [2.24, 2.45) is 0 Å². The maximum Gasteiger partial charge on any atom is 0.310 e.